The monoisotopic (exact) mass is 1120 g/mol. The van der Waals surface area contributed by atoms with Crippen molar-refractivity contribution in [1.82, 2.24) is 19.9 Å². The highest BCUT2D eigenvalue weighted by molar-refractivity contribution is 6.32. The van der Waals surface area contributed by atoms with E-state index in [1.807, 2.05) is 4.90 Å². The molecule has 0 radical (unpaired) electrons. The Morgan fingerprint density at radius 2 is 1.56 bits per heavy atom. The molecule has 0 spiro atoms. The van der Waals surface area contributed by atoms with E-state index >= 15 is 14.0 Å². The number of carbonyl (C=O) groups excluding carboxylic acids is 5. The number of aromatic hydroxyl groups is 1. The van der Waals surface area contributed by atoms with Gasteiger partial charge in [-0.25, -0.2) is 9.18 Å². The van der Waals surface area contributed by atoms with Gasteiger partial charge in [-0.2, -0.15) is 0 Å². The number of esters is 1. The Bertz CT molecular complexity index is 3320. The van der Waals surface area contributed by atoms with Crippen molar-refractivity contribution >= 4 is 46.4 Å². The molecule has 11 atom stereocenters. The van der Waals surface area contributed by atoms with Gasteiger partial charge in [-0.1, -0.05) is 45.9 Å². The van der Waals surface area contributed by atoms with Crippen molar-refractivity contribution in [3.8, 4) is 11.5 Å². The Labute approximate surface area is 468 Å². The molecule has 5 aliphatic heterocycles. The first-order chi connectivity index (χ1) is 38.3. The third-order valence-corrected chi connectivity index (χ3v) is 17.3. The van der Waals surface area contributed by atoms with Crippen LogP contribution in [0.5, 0.6) is 11.5 Å². The highest BCUT2D eigenvalue weighted by Crippen LogP contribution is 2.50. The van der Waals surface area contributed by atoms with Gasteiger partial charge in [0.2, 0.25) is 11.6 Å². The number of methoxy groups -OCH3 is 1. The molecule has 81 heavy (non-hydrogen) atoms. The number of fused-ring (bicyclic) bond motifs is 15. The van der Waals surface area contributed by atoms with Gasteiger partial charge in [0.05, 0.1) is 58.7 Å². The molecule has 434 valence electrons. The van der Waals surface area contributed by atoms with E-state index < -0.39 is 129 Å². The molecule has 3 fully saturated rings. The van der Waals surface area contributed by atoms with Gasteiger partial charge >= 0.3 is 17.7 Å². The number of pyridine rings is 2. The summed E-state index contributed by atoms with van der Waals surface area (Å²) in [6.45, 7) is 15.2. The summed E-state index contributed by atoms with van der Waals surface area (Å²) in [5.41, 5.74) is -1.05. The molecule has 1 unspecified atom stereocenters. The van der Waals surface area contributed by atoms with Gasteiger partial charge in [0.1, 0.15) is 34.6 Å². The van der Waals surface area contributed by atoms with Crippen molar-refractivity contribution in [2.75, 3.05) is 38.2 Å². The van der Waals surface area contributed by atoms with Gasteiger partial charge in [0, 0.05) is 94.0 Å². The number of aliphatic hydroxyl groups is 2. The van der Waals surface area contributed by atoms with Crippen LogP contribution in [0.25, 0.3) is 5.52 Å². The molecule has 2 aromatic heterocycles. The maximum absolute atomic E-state index is 16.3. The summed E-state index contributed by atoms with van der Waals surface area (Å²) in [7, 11) is 1.41. The van der Waals surface area contributed by atoms with Crippen LogP contribution >= 0.6 is 0 Å². The Kier molecular flexibility index (Phi) is 16.3. The lowest BCUT2D eigenvalue weighted by Gasteiger charge is -2.39. The van der Waals surface area contributed by atoms with Crippen molar-refractivity contribution in [2.45, 2.75) is 143 Å². The fourth-order valence-electron chi connectivity index (χ4n) is 12.6. The van der Waals surface area contributed by atoms with Crippen LogP contribution < -0.4 is 25.8 Å². The Balaban J connectivity index is 1.06. The number of halogens is 1. The first kappa shape index (κ1) is 58.5. The summed E-state index contributed by atoms with van der Waals surface area (Å²) in [5.74, 6) is -11.7. The van der Waals surface area contributed by atoms with Crippen LogP contribution in [-0.4, -0.2) is 140 Å². The highest BCUT2D eigenvalue weighted by atomic mass is 19.1. The maximum atomic E-state index is 16.3. The van der Waals surface area contributed by atoms with Gasteiger partial charge in [0.15, 0.2) is 5.82 Å². The number of aromatic carboxylic acids is 1. The van der Waals surface area contributed by atoms with E-state index in [-0.39, 0.29) is 59.2 Å². The zero-order valence-electron chi connectivity index (χ0n) is 47.3. The van der Waals surface area contributed by atoms with Crippen LogP contribution in [0.1, 0.15) is 145 Å². The number of carboxylic acids is 1. The fourth-order valence-corrected chi connectivity index (χ4v) is 12.6. The number of amides is 1. The van der Waals surface area contributed by atoms with Gasteiger partial charge in [-0.05, 0) is 82.1 Å². The Hall–Kier alpha value is -7.20. The molecular formula is C60H72FN5O15. The molecule has 20 nitrogen and oxygen atoms in total. The minimum absolute atomic E-state index is 0.0442. The number of rotatable bonds is 8. The minimum Gasteiger partial charge on any atom is -0.507 e. The number of piperidine rings is 1. The highest BCUT2D eigenvalue weighted by Gasteiger charge is 2.53. The second kappa shape index (κ2) is 22.6. The summed E-state index contributed by atoms with van der Waals surface area (Å²) >= 11 is 0. The number of phenolic OH excluding ortho intramolecular Hbond substituents is 1. The summed E-state index contributed by atoms with van der Waals surface area (Å²) in [6.07, 6.45) is 7.59. The Morgan fingerprint density at radius 1 is 0.864 bits per heavy atom. The number of benzene rings is 1. The maximum Gasteiger partial charge on any atom is 0.341 e. The first-order valence-corrected chi connectivity index (χ1v) is 27.7. The van der Waals surface area contributed by atoms with Gasteiger partial charge in [0.25, 0.3) is 17.2 Å². The van der Waals surface area contributed by atoms with Crippen molar-refractivity contribution in [2.24, 2.45) is 23.7 Å². The number of carbonyl (C=O) groups is 6. The predicted octanol–water partition coefficient (Wildman–Crippen LogP) is 5.93. The SMILES string of the molecule is CO[C@H]1C=CO[C@@]2(C)Oc3c(C)c(O)c4c(c3C2=O)C(=O)C(N2CCCC(N[C@H]3CCN(c5c(F)cn6c(=O)c(C(=O)O)cc(C7CC7)c6c5C)C3)C2)=C(NC(=O)C(C)=CC=C[C@H](C)[C@H](O)[C@@H](C)[C@@H](O)[C@@H](C)[C@H](OC(C)=O)[C@@H]1C)C4=O. The second-order valence-corrected chi connectivity index (χ2v) is 23.0. The summed E-state index contributed by atoms with van der Waals surface area (Å²) in [4.78, 5) is 101. The minimum atomic E-state index is -2.16. The van der Waals surface area contributed by atoms with Crippen LogP contribution in [0.3, 0.4) is 0 Å². The number of hydrogen-bond donors (Lipinski definition) is 6. The van der Waals surface area contributed by atoms with E-state index in [0.29, 0.717) is 54.7 Å². The standard InChI is InChI=1S/C60H72FN5O15/c1-27-13-11-14-28(2)57(74)63-45-48(64-20-12-15-36(24-64)62-37-18-21-65(25-37)47-30(4)46-38(35-16-17-35)23-39(59(76)77)58(75)66(46)26-40(47)61)53(72)42-43(52(45)71)51(70)33(7)55-44(42)56(73)60(9,81-55)79-22-19-41(78-10)29(3)54(80-34(8)67)32(6)50(69)31(5)49(27)68/h11,13-14,19,22-23,26-27,29,31-32,35-37,41,49-50,54,62,68-70H,12,15-18,20-21,24-25H2,1-10H3,(H,63,74)(H,76,77)/t27-,29+,31+,32+,36?,37-,41-,49-,50+,54+,60-/m0/s1. The van der Waals surface area contributed by atoms with Crippen LogP contribution in [0.2, 0.25) is 0 Å². The zero-order chi connectivity index (χ0) is 58.8. The summed E-state index contributed by atoms with van der Waals surface area (Å²) in [5, 5.41) is 51.3. The number of hydrogen-bond acceptors (Lipinski definition) is 17. The topological polar surface area (TPSA) is 272 Å². The number of allylic oxidation sites excluding steroid dienone is 4. The molecular weight excluding hydrogens is 1050 g/mol. The van der Waals surface area contributed by atoms with Crippen LogP contribution in [0.4, 0.5) is 10.1 Å². The number of aliphatic hydroxyl groups excluding tert-OH is 2. The molecule has 6 N–H and O–H groups in total. The number of nitrogens with one attached hydrogen (secondary N) is 2. The number of aromatic nitrogens is 1. The van der Waals surface area contributed by atoms with Gasteiger partial charge in [-0.3, -0.25) is 33.2 Å². The quantitative estimate of drug-likeness (QED) is 0.143. The van der Waals surface area contributed by atoms with Crippen LogP contribution in [0.15, 0.2) is 64.6 Å². The average molecular weight is 1120 g/mol. The molecule has 7 aliphatic rings. The van der Waals surface area contributed by atoms with Crippen LogP contribution in [0, 0.1) is 43.3 Å². The van der Waals surface area contributed by atoms with E-state index in [1.165, 1.54) is 53.0 Å². The molecule has 3 aromatic rings. The van der Waals surface area contributed by atoms with E-state index in [9.17, 15) is 44.4 Å². The molecule has 2 aliphatic carbocycles. The number of likely N-dealkylation sites (tertiary alicyclic amines) is 1. The average Bonchev–Trinajstić information content (AvgIpc) is 4.33. The van der Waals surface area contributed by atoms with Gasteiger partial charge < -0.3 is 59.8 Å². The largest absolute Gasteiger partial charge is 0.507 e. The van der Waals surface area contributed by atoms with Crippen molar-refractivity contribution < 1.29 is 72.5 Å². The number of ketones is 3. The number of Topliss-reactive ketones (excluding diaryl/α,β-unsaturated/α-hetero) is 3. The predicted molar refractivity (Wildman–Crippen MR) is 294 cm³/mol. The number of aryl methyl sites for hydroxylation is 1. The number of anilines is 1. The zero-order valence-corrected chi connectivity index (χ0v) is 47.3. The lowest BCUT2D eigenvalue weighted by Crippen LogP contribution is -2.51. The van der Waals surface area contributed by atoms with Crippen molar-refractivity contribution in [1.29, 1.82) is 0 Å². The molecule has 1 aromatic carbocycles. The van der Waals surface area contributed by atoms with E-state index in [1.54, 1.807) is 51.7 Å². The lowest BCUT2D eigenvalue weighted by atomic mass is 9.78. The third kappa shape index (κ3) is 10.7. The third-order valence-electron chi connectivity index (χ3n) is 17.3. The molecule has 21 heteroatoms. The number of carboxylic acid groups (broad SMARTS) is 1. The Morgan fingerprint density at radius 3 is 2.22 bits per heavy atom. The first-order valence-electron chi connectivity index (χ1n) is 27.7. The van der Waals surface area contributed by atoms with E-state index in [2.05, 4.69) is 10.6 Å². The second-order valence-electron chi connectivity index (χ2n) is 23.0. The van der Waals surface area contributed by atoms with Crippen LogP contribution in [-0.2, 0) is 23.8 Å². The fraction of sp³-hybridized carbons (Fsp3) is 0.517. The number of nitrogens with zero attached hydrogens (tertiary/aromatic N) is 3. The molecule has 10 rings (SSSR count). The number of ether oxygens (including phenoxy) is 4. The molecule has 7 heterocycles. The molecule has 2 saturated heterocycles. The lowest BCUT2D eigenvalue weighted by molar-refractivity contribution is -0.160. The van der Waals surface area contributed by atoms with Crippen molar-refractivity contribution in [3.63, 3.8) is 0 Å². The molecule has 5 bridgehead atoms. The van der Waals surface area contributed by atoms with E-state index in [4.69, 9.17) is 18.9 Å². The summed E-state index contributed by atoms with van der Waals surface area (Å²) < 4.78 is 41.3. The smallest absolute Gasteiger partial charge is 0.341 e. The van der Waals surface area contributed by atoms with E-state index in [0.717, 1.165) is 29.7 Å². The normalized spacial score (nSPS) is 29.5. The van der Waals surface area contributed by atoms with Gasteiger partial charge in [-0.15, -0.1) is 0 Å². The molecule has 1 saturated carbocycles. The molecule has 1 amide bonds. The van der Waals surface area contributed by atoms with Crippen molar-refractivity contribution in [3.05, 3.63) is 115 Å². The summed E-state index contributed by atoms with van der Waals surface area (Å²) in [6, 6.07) is 0.901. The number of phenols is 1.